The second kappa shape index (κ2) is 22.6. The number of carbonyl (C=O) groups is 1. The third-order valence-corrected chi connectivity index (χ3v) is 1.91. The molecule has 0 aromatic heterocycles. The summed E-state index contributed by atoms with van der Waals surface area (Å²) in [6.07, 6.45) is 4.72. The van der Waals surface area contributed by atoms with Gasteiger partial charge in [-0.05, 0) is 41.5 Å². The zero-order valence-electron chi connectivity index (χ0n) is 15.3. The predicted molar refractivity (Wildman–Crippen MR) is 111 cm³/mol. The van der Waals surface area contributed by atoms with Gasteiger partial charge in [0.25, 0.3) is 0 Å². The van der Waals surface area contributed by atoms with Gasteiger partial charge in [0.05, 0.1) is 0 Å². The normalized spacial score (nSPS) is 8.55. The van der Waals surface area contributed by atoms with Gasteiger partial charge in [-0.15, -0.1) is 37.1 Å². The van der Waals surface area contributed by atoms with E-state index < -0.39 is 0 Å². The summed E-state index contributed by atoms with van der Waals surface area (Å²) in [6, 6.07) is 0. The van der Waals surface area contributed by atoms with E-state index in [1.54, 1.807) is 6.92 Å². The molecule has 132 valence electrons. The second-order valence-electron chi connectivity index (χ2n) is 5.14. The van der Waals surface area contributed by atoms with Gasteiger partial charge < -0.3 is 15.1 Å². The zero-order valence-corrected chi connectivity index (χ0v) is 17.6. The van der Waals surface area contributed by atoms with E-state index in [4.69, 9.17) is 0 Å². The molecule has 0 bridgehead atoms. The number of likely N-dealkylation sites (N-methyl/N-ethyl adjacent to an activating group) is 2. The highest BCUT2D eigenvalue weighted by Gasteiger charge is 1.96. The Morgan fingerprint density at radius 1 is 1.05 bits per heavy atom. The molecule has 0 saturated heterocycles. The first kappa shape index (κ1) is 29.4. The maximum atomic E-state index is 10.7. The molecule has 5 heteroatoms. The second-order valence-corrected chi connectivity index (χ2v) is 5.14. The van der Waals surface area contributed by atoms with Gasteiger partial charge in [0.1, 0.15) is 0 Å². The number of amides is 1. The van der Waals surface area contributed by atoms with Crippen LogP contribution in [0, 0.1) is 0 Å². The minimum Gasteiger partial charge on any atom is -0.352 e. The van der Waals surface area contributed by atoms with Crippen molar-refractivity contribution in [2.45, 2.75) is 20.3 Å². The lowest BCUT2D eigenvalue weighted by Gasteiger charge is -2.01. The Labute approximate surface area is 155 Å². The van der Waals surface area contributed by atoms with Gasteiger partial charge in [0.15, 0.2) is 0 Å². The molecule has 0 unspecified atom stereocenters. The Morgan fingerprint density at radius 3 is 1.55 bits per heavy atom. The molecule has 0 aliphatic heterocycles. The summed E-state index contributed by atoms with van der Waals surface area (Å²) in [5.41, 5.74) is 0.573. The molecule has 0 aliphatic rings. The summed E-state index contributed by atoms with van der Waals surface area (Å²) in [7, 11) is 8.06. The Bertz CT molecular complexity index is 276. The Morgan fingerprint density at radius 2 is 1.41 bits per heavy atom. The Hall–Kier alpha value is -0.660. The molecule has 0 rings (SSSR count). The fourth-order valence-electron chi connectivity index (χ4n) is 0.906. The Balaban J connectivity index is -0.000000112. The lowest BCUT2D eigenvalue weighted by Crippen LogP contribution is -2.24. The number of hydrogen-bond acceptors (Lipinski definition) is 3. The lowest BCUT2D eigenvalue weighted by molar-refractivity contribution is -0.117. The van der Waals surface area contributed by atoms with Gasteiger partial charge >= 0.3 is 0 Å². The number of nitrogens with zero attached hydrogens (tertiary/aromatic N) is 2. The molecule has 0 saturated carbocycles. The minimum atomic E-state index is -0.0446. The van der Waals surface area contributed by atoms with Crippen molar-refractivity contribution in [3.8, 4) is 0 Å². The number of carbonyl (C=O) groups excluding carboxylic acids is 1. The molecule has 0 radical (unpaired) electrons. The van der Waals surface area contributed by atoms with E-state index in [0.717, 1.165) is 26.1 Å². The van der Waals surface area contributed by atoms with Crippen molar-refractivity contribution >= 4 is 29.9 Å². The maximum Gasteiger partial charge on any atom is 0.246 e. The van der Waals surface area contributed by atoms with Gasteiger partial charge in [-0.2, -0.15) is 0 Å². The predicted octanol–water partition coefficient (Wildman–Crippen LogP) is 3.17. The van der Waals surface area contributed by atoms with Gasteiger partial charge in [-0.1, -0.05) is 25.7 Å². The van der Waals surface area contributed by atoms with E-state index in [9.17, 15) is 4.79 Å². The molecule has 0 aliphatic carbocycles. The van der Waals surface area contributed by atoms with Gasteiger partial charge in [-0.25, -0.2) is 0 Å². The summed E-state index contributed by atoms with van der Waals surface area (Å²) in [5.74, 6) is -0.0446. The van der Waals surface area contributed by atoms with E-state index in [2.05, 4.69) is 34.9 Å². The highest BCUT2D eigenvalue weighted by molar-refractivity contribution is 14.0. The molecule has 1 N–H and O–H groups in total. The van der Waals surface area contributed by atoms with E-state index >= 15 is 0 Å². The van der Waals surface area contributed by atoms with Crippen LogP contribution in [0.25, 0.3) is 0 Å². The first-order valence-electron chi connectivity index (χ1n) is 7.17. The van der Waals surface area contributed by atoms with Crippen LogP contribution in [0.4, 0.5) is 0 Å². The standard InChI is InChI=1S/C7H13NO.2C5H11N.HI/c1-4-5-8-7(9)6(2)3;2*1-4-5-6(2)3;/h2,4-5H2,1,3H3,(H,8,9);2*4H,1,5H2,2-3H3;1H. The number of nitrogens with one attached hydrogen (secondary N) is 1. The quantitative estimate of drug-likeness (QED) is 0.387. The average Bonchev–Trinajstić information content (AvgIpc) is 2.36. The van der Waals surface area contributed by atoms with Crippen molar-refractivity contribution in [3.63, 3.8) is 0 Å². The van der Waals surface area contributed by atoms with Crippen molar-refractivity contribution in [1.82, 2.24) is 15.1 Å². The summed E-state index contributed by atoms with van der Waals surface area (Å²) in [5, 5.41) is 2.69. The summed E-state index contributed by atoms with van der Waals surface area (Å²) < 4.78 is 0. The summed E-state index contributed by atoms with van der Waals surface area (Å²) in [4.78, 5) is 14.8. The molecule has 4 nitrogen and oxygen atoms in total. The summed E-state index contributed by atoms with van der Waals surface area (Å²) >= 11 is 0. The van der Waals surface area contributed by atoms with Crippen LogP contribution in [0.1, 0.15) is 20.3 Å². The minimum absolute atomic E-state index is 0. The Kier molecular flexibility index (Phi) is 30.2. The van der Waals surface area contributed by atoms with Crippen LogP contribution >= 0.6 is 24.0 Å². The van der Waals surface area contributed by atoms with Crippen molar-refractivity contribution in [2.75, 3.05) is 47.8 Å². The van der Waals surface area contributed by atoms with Crippen LogP contribution < -0.4 is 5.32 Å². The van der Waals surface area contributed by atoms with E-state index in [-0.39, 0.29) is 29.9 Å². The monoisotopic (exact) mass is 425 g/mol. The van der Waals surface area contributed by atoms with E-state index in [0.29, 0.717) is 5.57 Å². The zero-order chi connectivity index (χ0) is 17.3. The van der Waals surface area contributed by atoms with Gasteiger partial charge in [0, 0.05) is 25.2 Å². The molecule has 0 fully saturated rings. The molecule has 22 heavy (non-hydrogen) atoms. The number of halogens is 1. The van der Waals surface area contributed by atoms with Crippen LogP contribution in [0.15, 0.2) is 37.5 Å². The van der Waals surface area contributed by atoms with Crippen molar-refractivity contribution in [2.24, 2.45) is 0 Å². The molecular weight excluding hydrogens is 389 g/mol. The number of hydrogen-bond donors (Lipinski definition) is 1. The topological polar surface area (TPSA) is 35.6 Å². The first-order chi connectivity index (χ1) is 9.72. The highest BCUT2D eigenvalue weighted by atomic mass is 127. The van der Waals surface area contributed by atoms with Gasteiger partial charge in [-0.3, -0.25) is 4.79 Å². The van der Waals surface area contributed by atoms with Crippen molar-refractivity contribution in [1.29, 1.82) is 0 Å². The van der Waals surface area contributed by atoms with Crippen LogP contribution in [-0.2, 0) is 4.79 Å². The SMILES string of the molecule is C=C(C)C(=O)NCCC.C=CCN(C)C.C=CCN(C)C.I. The lowest BCUT2D eigenvalue weighted by atomic mass is 10.3. The fourth-order valence-corrected chi connectivity index (χ4v) is 0.906. The smallest absolute Gasteiger partial charge is 0.246 e. The van der Waals surface area contributed by atoms with E-state index in [1.165, 1.54) is 0 Å². The van der Waals surface area contributed by atoms with Gasteiger partial charge in [0.2, 0.25) is 5.91 Å². The van der Waals surface area contributed by atoms with Crippen LogP contribution in [0.3, 0.4) is 0 Å². The third kappa shape index (κ3) is 36.6. The largest absolute Gasteiger partial charge is 0.352 e. The molecule has 1 amide bonds. The molecule has 0 atom stereocenters. The van der Waals surface area contributed by atoms with Crippen LogP contribution in [-0.4, -0.2) is 63.5 Å². The van der Waals surface area contributed by atoms with Crippen molar-refractivity contribution in [3.05, 3.63) is 37.5 Å². The number of rotatable bonds is 7. The first-order valence-corrected chi connectivity index (χ1v) is 7.17. The average molecular weight is 425 g/mol. The molecule has 0 aromatic rings. The fraction of sp³-hybridized carbons (Fsp3) is 0.588. The van der Waals surface area contributed by atoms with E-state index in [1.807, 2.05) is 47.3 Å². The molecule has 0 aromatic carbocycles. The molecular formula is C17H36IN3O. The highest BCUT2D eigenvalue weighted by Crippen LogP contribution is 1.84. The molecule has 0 spiro atoms. The maximum absolute atomic E-state index is 10.7. The summed E-state index contributed by atoms with van der Waals surface area (Å²) in [6.45, 7) is 17.0. The van der Waals surface area contributed by atoms with Crippen LogP contribution in [0.5, 0.6) is 0 Å². The molecule has 0 heterocycles. The van der Waals surface area contributed by atoms with Crippen LogP contribution in [0.2, 0.25) is 0 Å². The van der Waals surface area contributed by atoms with Crippen molar-refractivity contribution < 1.29 is 4.79 Å². The third-order valence-electron chi connectivity index (χ3n) is 1.91.